The Morgan fingerprint density at radius 3 is 2.46 bits per heavy atom. The highest BCUT2D eigenvalue weighted by molar-refractivity contribution is 5.99. The second-order valence-electron chi connectivity index (χ2n) is 10.8. The third-order valence-corrected chi connectivity index (χ3v) is 7.88. The fraction of sp³-hybridized carbons (Fsp3) is 0.679. The molecule has 0 unspecified atom stereocenters. The van der Waals surface area contributed by atoms with Crippen LogP contribution in [0.3, 0.4) is 0 Å². The predicted octanol–water partition coefficient (Wildman–Crippen LogP) is 1.85. The number of methoxy groups -OCH3 is 2. The van der Waals surface area contributed by atoms with Crippen molar-refractivity contribution in [2.75, 3.05) is 53.6 Å². The number of hydrogen-bond acceptors (Lipinski definition) is 7. The molecule has 3 aliphatic heterocycles. The van der Waals surface area contributed by atoms with Gasteiger partial charge in [-0.1, -0.05) is 26.0 Å². The minimum atomic E-state index is -0.728. The average Bonchev–Trinajstić information content (AvgIpc) is 3.47. The number of ketones is 1. The van der Waals surface area contributed by atoms with Gasteiger partial charge in [-0.25, -0.2) is 0 Å². The number of fused-ring (bicyclic) bond motifs is 1. The van der Waals surface area contributed by atoms with Gasteiger partial charge in [-0.2, -0.15) is 0 Å². The highest BCUT2D eigenvalue weighted by Crippen LogP contribution is 2.31. The Morgan fingerprint density at radius 1 is 1.14 bits per heavy atom. The van der Waals surface area contributed by atoms with E-state index in [1.54, 1.807) is 19.1 Å². The van der Waals surface area contributed by atoms with Crippen molar-refractivity contribution in [3.63, 3.8) is 0 Å². The summed E-state index contributed by atoms with van der Waals surface area (Å²) in [5, 5.41) is 2.95. The molecule has 3 heterocycles. The first-order valence-corrected chi connectivity index (χ1v) is 13.4. The Kier molecular flexibility index (Phi) is 9.34. The summed E-state index contributed by atoms with van der Waals surface area (Å²) in [5.74, 6) is 0.000588. The Labute approximate surface area is 219 Å². The lowest BCUT2D eigenvalue weighted by molar-refractivity contribution is -0.138. The number of piperidine rings is 1. The molecule has 0 aromatic heterocycles. The Balaban J connectivity index is 1.39. The van der Waals surface area contributed by atoms with E-state index in [9.17, 15) is 14.4 Å². The van der Waals surface area contributed by atoms with Crippen molar-refractivity contribution in [1.29, 1.82) is 0 Å². The minimum Gasteiger partial charge on any atom is -0.383 e. The predicted molar refractivity (Wildman–Crippen MR) is 138 cm³/mol. The monoisotopic (exact) mass is 515 g/mol. The summed E-state index contributed by atoms with van der Waals surface area (Å²) in [6.45, 7) is 8.09. The molecule has 3 fully saturated rings. The molecule has 1 aromatic carbocycles. The summed E-state index contributed by atoms with van der Waals surface area (Å²) < 4.78 is 16.3. The molecular formula is C28H41N3O6. The maximum Gasteiger partial charge on any atom is 0.251 e. The quantitative estimate of drug-likeness (QED) is 0.508. The Morgan fingerprint density at radius 2 is 1.84 bits per heavy atom. The molecule has 0 saturated carbocycles. The number of nitrogens with one attached hydrogen (secondary N) is 1. The van der Waals surface area contributed by atoms with E-state index >= 15 is 0 Å². The van der Waals surface area contributed by atoms with Gasteiger partial charge in [0.05, 0.1) is 13.2 Å². The molecule has 37 heavy (non-hydrogen) atoms. The lowest BCUT2D eigenvalue weighted by atomic mass is 9.89. The first-order valence-electron chi connectivity index (χ1n) is 13.4. The van der Waals surface area contributed by atoms with Crippen LogP contribution in [-0.2, 0) is 23.8 Å². The summed E-state index contributed by atoms with van der Waals surface area (Å²) >= 11 is 0. The van der Waals surface area contributed by atoms with Gasteiger partial charge in [0, 0.05) is 26.3 Å². The number of carbonyl (C=O) groups is 3. The van der Waals surface area contributed by atoms with E-state index in [0.717, 1.165) is 39.1 Å². The maximum atomic E-state index is 13.6. The molecule has 9 nitrogen and oxygen atoms in total. The second kappa shape index (κ2) is 12.5. The van der Waals surface area contributed by atoms with Gasteiger partial charge in [-0.15, -0.1) is 0 Å². The lowest BCUT2D eigenvalue weighted by Gasteiger charge is -2.32. The topological polar surface area (TPSA) is 97.4 Å². The molecule has 4 atom stereocenters. The highest BCUT2D eigenvalue weighted by Gasteiger charge is 2.53. The third-order valence-electron chi connectivity index (χ3n) is 7.88. The zero-order chi connectivity index (χ0) is 26.5. The molecule has 0 aliphatic carbocycles. The van der Waals surface area contributed by atoms with Gasteiger partial charge >= 0.3 is 0 Å². The van der Waals surface area contributed by atoms with E-state index < -0.39 is 18.2 Å². The van der Waals surface area contributed by atoms with Gasteiger partial charge in [0.25, 0.3) is 5.91 Å². The molecule has 3 saturated heterocycles. The van der Waals surface area contributed by atoms with Gasteiger partial charge in [-0.3, -0.25) is 14.4 Å². The lowest BCUT2D eigenvalue weighted by Crippen LogP contribution is -2.52. The van der Waals surface area contributed by atoms with Crippen LogP contribution in [0.25, 0.3) is 0 Å². The number of Topliss-reactive ketones (excluding diaryl/α,β-unsaturated/α-hetero) is 1. The zero-order valence-corrected chi connectivity index (χ0v) is 22.5. The van der Waals surface area contributed by atoms with Gasteiger partial charge in [-0.05, 0) is 61.9 Å². The molecule has 0 bridgehead atoms. The number of rotatable bonds is 10. The number of ether oxygens (including phenoxy) is 3. The van der Waals surface area contributed by atoms with Crippen molar-refractivity contribution in [3.05, 3.63) is 35.4 Å². The fourth-order valence-electron chi connectivity index (χ4n) is 5.80. The van der Waals surface area contributed by atoms with Crippen LogP contribution >= 0.6 is 0 Å². The molecule has 3 aliphatic rings. The van der Waals surface area contributed by atoms with Crippen LogP contribution in [0.5, 0.6) is 0 Å². The van der Waals surface area contributed by atoms with Gasteiger partial charge in [0.1, 0.15) is 30.9 Å². The van der Waals surface area contributed by atoms with Crippen LogP contribution in [0.2, 0.25) is 0 Å². The van der Waals surface area contributed by atoms with E-state index in [4.69, 9.17) is 14.2 Å². The normalized spacial score (nSPS) is 25.5. The molecule has 0 radical (unpaired) electrons. The van der Waals surface area contributed by atoms with Crippen molar-refractivity contribution in [3.8, 4) is 0 Å². The average molecular weight is 516 g/mol. The van der Waals surface area contributed by atoms with Crippen molar-refractivity contribution >= 4 is 17.6 Å². The Hall–Kier alpha value is -2.33. The maximum absolute atomic E-state index is 13.6. The molecule has 2 amide bonds. The van der Waals surface area contributed by atoms with Crippen LogP contribution < -0.4 is 5.32 Å². The molecule has 0 spiro atoms. The number of carbonyl (C=O) groups excluding carboxylic acids is 3. The van der Waals surface area contributed by atoms with Crippen LogP contribution in [0.4, 0.5) is 0 Å². The molecule has 1 aromatic rings. The summed E-state index contributed by atoms with van der Waals surface area (Å²) in [6, 6.07) is 6.39. The highest BCUT2D eigenvalue weighted by atomic mass is 16.5. The number of benzene rings is 1. The van der Waals surface area contributed by atoms with Gasteiger partial charge in [0.2, 0.25) is 5.91 Å². The van der Waals surface area contributed by atoms with Crippen LogP contribution in [0.1, 0.15) is 54.9 Å². The molecule has 204 valence electrons. The van der Waals surface area contributed by atoms with E-state index in [0.29, 0.717) is 17.9 Å². The SMILES string of the molecule is COCCN1CCC(c2ccc(C(=O)N[C@@H](CC(C)C)C(=O)N3C[C@@H](OC)[C@H]4OCC(=O)[C@H]43)cc2)CC1. The molecule has 1 N–H and O–H groups in total. The summed E-state index contributed by atoms with van der Waals surface area (Å²) in [6.07, 6.45) is 1.85. The van der Waals surface area contributed by atoms with Crippen LogP contribution in [0.15, 0.2) is 24.3 Å². The van der Waals surface area contributed by atoms with Crippen molar-refractivity contribution in [1.82, 2.24) is 15.1 Å². The van der Waals surface area contributed by atoms with Gasteiger partial charge in [0.15, 0.2) is 5.78 Å². The van der Waals surface area contributed by atoms with Crippen LogP contribution in [0, 0.1) is 5.92 Å². The first kappa shape index (κ1) is 27.7. The molecule has 9 heteroatoms. The van der Waals surface area contributed by atoms with Crippen LogP contribution in [-0.4, -0.2) is 105 Å². The number of amides is 2. The Bertz CT molecular complexity index is 944. The fourth-order valence-corrected chi connectivity index (χ4v) is 5.80. The van der Waals surface area contributed by atoms with Gasteiger partial charge < -0.3 is 29.3 Å². The number of nitrogens with zero attached hydrogens (tertiary/aromatic N) is 2. The minimum absolute atomic E-state index is 0.0152. The largest absolute Gasteiger partial charge is 0.383 e. The summed E-state index contributed by atoms with van der Waals surface area (Å²) in [4.78, 5) is 43.2. The third kappa shape index (κ3) is 6.39. The standard InChI is InChI=1S/C28H41N3O6/c1-18(2)15-22(28(34)31-16-24(36-4)26-25(31)23(32)17-37-26)29-27(33)21-7-5-19(6-8-21)20-9-11-30(12-10-20)13-14-35-3/h5-8,18,20,22,24-26H,9-17H2,1-4H3,(H,29,33)/t22-,24+,25+,26+/m0/s1. The first-order chi connectivity index (χ1) is 17.8. The number of likely N-dealkylation sites (tertiary alicyclic amines) is 2. The van der Waals surface area contributed by atoms with E-state index in [1.165, 1.54) is 5.56 Å². The molecule has 4 rings (SSSR count). The molecular weight excluding hydrogens is 474 g/mol. The smallest absolute Gasteiger partial charge is 0.251 e. The van der Waals surface area contributed by atoms with E-state index in [2.05, 4.69) is 10.2 Å². The second-order valence-corrected chi connectivity index (χ2v) is 10.8. The summed E-state index contributed by atoms with van der Waals surface area (Å²) in [5.41, 5.74) is 1.77. The van der Waals surface area contributed by atoms with E-state index in [1.807, 2.05) is 38.1 Å². The zero-order valence-electron chi connectivity index (χ0n) is 22.5. The van der Waals surface area contributed by atoms with E-state index in [-0.39, 0.29) is 42.8 Å². The summed E-state index contributed by atoms with van der Waals surface area (Å²) in [7, 11) is 3.29. The van der Waals surface area contributed by atoms with Crippen molar-refractivity contribution in [2.24, 2.45) is 5.92 Å². The van der Waals surface area contributed by atoms with Crippen molar-refractivity contribution < 1.29 is 28.6 Å². The van der Waals surface area contributed by atoms with Crippen molar-refractivity contribution in [2.45, 2.75) is 63.3 Å². The number of hydrogen-bond donors (Lipinski definition) is 1.